The van der Waals surface area contributed by atoms with Crippen LogP contribution in [0, 0.1) is 0 Å². The average Bonchev–Trinajstić information content (AvgIpc) is 2.53. The second-order valence-corrected chi connectivity index (χ2v) is 6.15. The molecule has 0 bridgehead atoms. The van der Waals surface area contributed by atoms with E-state index in [2.05, 4.69) is 94.8 Å². The molecule has 21 heavy (non-hydrogen) atoms. The lowest BCUT2D eigenvalue weighted by atomic mass is 9.96. The maximum atomic E-state index is 3.55. The van der Waals surface area contributed by atoms with Gasteiger partial charge in [0.05, 0.1) is 0 Å². The molecule has 0 saturated heterocycles. The maximum Gasteiger partial charge on any atom is 0.0181 e. The zero-order valence-electron chi connectivity index (χ0n) is 11.4. The second-order valence-electron chi connectivity index (χ2n) is 5.23. The third kappa shape index (κ3) is 2.24. The molecule has 0 aromatic heterocycles. The Kier molecular flexibility index (Phi) is 3.01. The van der Waals surface area contributed by atoms with Gasteiger partial charge in [0.15, 0.2) is 0 Å². The first-order valence-electron chi connectivity index (χ1n) is 6.99. The van der Waals surface area contributed by atoms with E-state index in [9.17, 15) is 0 Å². The highest BCUT2D eigenvalue weighted by Gasteiger charge is 2.04. The van der Waals surface area contributed by atoms with Crippen molar-refractivity contribution >= 4 is 37.5 Å². The Bertz CT molecular complexity index is 949. The minimum absolute atomic E-state index is 1.12. The van der Waals surface area contributed by atoms with Gasteiger partial charge < -0.3 is 0 Å². The first-order chi connectivity index (χ1) is 10.3. The highest BCUT2D eigenvalue weighted by molar-refractivity contribution is 9.10. The highest BCUT2D eigenvalue weighted by Crippen LogP contribution is 2.31. The molecule has 0 N–H and O–H groups in total. The molecule has 0 aliphatic heterocycles. The molecule has 0 amide bonds. The molecule has 0 heterocycles. The molecule has 4 aromatic rings. The van der Waals surface area contributed by atoms with E-state index < -0.39 is 0 Å². The second kappa shape index (κ2) is 5.01. The van der Waals surface area contributed by atoms with E-state index in [1.165, 1.54) is 32.7 Å². The van der Waals surface area contributed by atoms with Crippen molar-refractivity contribution in [1.29, 1.82) is 0 Å². The van der Waals surface area contributed by atoms with Gasteiger partial charge >= 0.3 is 0 Å². The lowest BCUT2D eigenvalue weighted by Crippen LogP contribution is -1.82. The topological polar surface area (TPSA) is 0 Å². The van der Waals surface area contributed by atoms with Gasteiger partial charge in [-0.05, 0) is 50.9 Å². The van der Waals surface area contributed by atoms with Crippen molar-refractivity contribution in [2.75, 3.05) is 0 Å². The largest absolute Gasteiger partial charge is 0.0616 e. The van der Waals surface area contributed by atoms with Gasteiger partial charge in [-0.3, -0.25) is 0 Å². The molecule has 4 aromatic carbocycles. The van der Waals surface area contributed by atoms with Gasteiger partial charge in [0.1, 0.15) is 0 Å². The van der Waals surface area contributed by atoms with Crippen LogP contribution in [0.2, 0.25) is 0 Å². The number of rotatable bonds is 1. The minimum atomic E-state index is 1.12. The Morgan fingerprint density at radius 3 is 2.33 bits per heavy atom. The van der Waals surface area contributed by atoms with E-state index in [-0.39, 0.29) is 0 Å². The van der Waals surface area contributed by atoms with Crippen molar-refractivity contribution < 1.29 is 0 Å². The van der Waals surface area contributed by atoms with Gasteiger partial charge in [-0.1, -0.05) is 76.6 Å². The Balaban J connectivity index is 2.00. The van der Waals surface area contributed by atoms with Crippen molar-refractivity contribution in [1.82, 2.24) is 0 Å². The van der Waals surface area contributed by atoms with Crippen molar-refractivity contribution in [3.8, 4) is 11.1 Å². The zero-order chi connectivity index (χ0) is 14.2. The average molecular weight is 333 g/mol. The van der Waals surface area contributed by atoms with Crippen LogP contribution in [0.1, 0.15) is 0 Å². The summed E-state index contributed by atoms with van der Waals surface area (Å²) in [6.45, 7) is 0. The van der Waals surface area contributed by atoms with Crippen molar-refractivity contribution in [3.05, 3.63) is 83.3 Å². The molecule has 0 fully saturated rings. The number of fused-ring (bicyclic) bond motifs is 2. The summed E-state index contributed by atoms with van der Waals surface area (Å²) in [6.07, 6.45) is 0. The SMILES string of the molecule is Brc1ccc2ccc(-c3cccc4ccccc34)cc2c1. The predicted octanol–water partition coefficient (Wildman–Crippen LogP) is 6.42. The third-order valence-electron chi connectivity index (χ3n) is 3.90. The normalized spacial score (nSPS) is 11.1. The maximum absolute atomic E-state index is 3.55. The summed E-state index contributed by atoms with van der Waals surface area (Å²) in [5, 5.41) is 5.11. The van der Waals surface area contributed by atoms with Gasteiger partial charge in [0.25, 0.3) is 0 Å². The monoisotopic (exact) mass is 332 g/mol. The molecule has 0 radical (unpaired) electrons. The molecule has 0 aliphatic rings. The minimum Gasteiger partial charge on any atom is -0.0616 e. The van der Waals surface area contributed by atoms with Crippen molar-refractivity contribution in [2.24, 2.45) is 0 Å². The number of hydrogen-bond acceptors (Lipinski definition) is 0. The summed E-state index contributed by atoms with van der Waals surface area (Å²) in [7, 11) is 0. The number of benzene rings is 4. The van der Waals surface area contributed by atoms with Crippen LogP contribution in [-0.2, 0) is 0 Å². The fourth-order valence-electron chi connectivity index (χ4n) is 2.86. The molecule has 0 spiro atoms. The predicted molar refractivity (Wildman–Crippen MR) is 94.6 cm³/mol. The smallest absolute Gasteiger partial charge is 0.0181 e. The molecule has 4 rings (SSSR count). The first-order valence-corrected chi connectivity index (χ1v) is 7.78. The van der Waals surface area contributed by atoms with Crippen LogP contribution in [0.4, 0.5) is 0 Å². The van der Waals surface area contributed by atoms with E-state index in [0.29, 0.717) is 0 Å². The van der Waals surface area contributed by atoms with E-state index in [1.54, 1.807) is 0 Å². The molecule has 1 heteroatoms. The van der Waals surface area contributed by atoms with Crippen LogP contribution >= 0.6 is 15.9 Å². The van der Waals surface area contributed by atoms with Crippen LogP contribution in [0.15, 0.2) is 83.3 Å². The van der Waals surface area contributed by atoms with E-state index in [4.69, 9.17) is 0 Å². The van der Waals surface area contributed by atoms with Gasteiger partial charge in [0.2, 0.25) is 0 Å². The molecule has 0 nitrogen and oxygen atoms in total. The van der Waals surface area contributed by atoms with E-state index >= 15 is 0 Å². The summed E-state index contributed by atoms with van der Waals surface area (Å²) in [5.74, 6) is 0. The molecule has 0 aliphatic carbocycles. The summed E-state index contributed by atoms with van der Waals surface area (Å²) < 4.78 is 1.12. The van der Waals surface area contributed by atoms with Gasteiger partial charge in [-0.2, -0.15) is 0 Å². The standard InChI is InChI=1S/C20H13Br/c21-18-11-10-14-8-9-16(12-17(14)13-18)20-7-3-5-15-4-1-2-6-19(15)20/h1-13H. The summed E-state index contributed by atoms with van der Waals surface area (Å²) >= 11 is 3.55. The molecular formula is C20H13Br. The van der Waals surface area contributed by atoms with E-state index in [0.717, 1.165) is 4.47 Å². The molecule has 0 unspecified atom stereocenters. The highest BCUT2D eigenvalue weighted by atomic mass is 79.9. The number of hydrogen-bond donors (Lipinski definition) is 0. The van der Waals surface area contributed by atoms with Crippen LogP contribution in [0.3, 0.4) is 0 Å². The van der Waals surface area contributed by atoms with Crippen molar-refractivity contribution in [2.45, 2.75) is 0 Å². The Morgan fingerprint density at radius 2 is 1.38 bits per heavy atom. The fraction of sp³-hybridized carbons (Fsp3) is 0. The van der Waals surface area contributed by atoms with E-state index in [1.807, 2.05) is 0 Å². The molecule has 100 valence electrons. The van der Waals surface area contributed by atoms with Crippen LogP contribution < -0.4 is 0 Å². The van der Waals surface area contributed by atoms with Crippen LogP contribution in [-0.4, -0.2) is 0 Å². The molecular weight excluding hydrogens is 320 g/mol. The Morgan fingerprint density at radius 1 is 0.571 bits per heavy atom. The Hall–Kier alpha value is -2.12. The van der Waals surface area contributed by atoms with Gasteiger partial charge in [0, 0.05) is 4.47 Å². The molecule has 0 atom stereocenters. The molecule has 0 saturated carbocycles. The quantitative estimate of drug-likeness (QED) is 0.377. The third-order valence-corrected chi connectivity index (χ3v) is 4.40. The van der Waals surface area contributed by atoms with Gasteiger partial charge in [-0.25, -0.2) is 0 Å². The van der Waals surface area contributed by atoms with Gasteiger partial charge in [-0.15, -0.1) is 0 Å². The summed E-state index contributed by atoms with van der Waals surface area (Å²) in [6, 6.07) is 28.1. The number of halogens is 1. The van der Waals surface area contributed by atoms with Crippen molar-refractivity contribution in [3.63, 3.8) is 0 Å². The van der Waals surface area contributed by atoms with Crippen LogP contribution in [0.5, 0.6) is 0 Å². The first kappa shape index (κ1) is 12.6. The zero-order valence-corrected chi connectivity index (χ0v) is 13.0. The lowest BCUT2D eigenvalue weighted by Gasteiger charge is -2.08. The van der Waals surface area contributed by atoms with Crippen LogP contribution in [0.25, 0.3) is 32.7 Å². The lowest BCUT2D eigenvalue weighted by molar-refractivity contribution is 1.66. The fourth-order valence-corrected chi connectivity index (χ4v) is 3.24. The Labute approximate surface area is 132 Å². The summed E-state index contributed by atoms with van der Waals surface area (Å²) in [4.78, 5) is 0. The summed E-state index contributed by atoms with van der Waals surface area (Å²) in [5.41, 5.74) is 2.55.